The maximum absolute atomic E-state index is 14.0. The number of rotatable bonds is 2. The molecular formula is C12H13ClFN3. The van der Waals surface area contributed by atoms with E-state index in [0.29, 0.717) is 11.1 Å². The first-order chi connectivity index (χ1) is 8.02. The minimum atomic E-state index is -0.468. The summed E-state index contributed by atoms with van der Waals surface area (Å²) in [7, 11) is 0. The molecule has 1 heterocycles. The maximum Gasteiger partial charge on any atom is 0.153 e. The highest BCUT2D eigenvalue weighted by Gasteiger charge is 2.19. The van der Waals surface area contributed by atoms with Crippen molar-refractivity contribution in [1.29, 1.82) is 0 Å². The highest BCUT2D eigenvalue weighted by atomic mass is 35.5. The normalized spacial score (nSPS) is 11.1. The minimum absolute atomic E-state index is 0.0813. The number of benzene rings is 1. The second-order valence-electron chi connectivity index (χ2n) is 4.15. The minimum Gasteiger partial charge on any atom is -0.382 e. The van der Waals surface area contributed by atoms with E-state index in [-0.39, 0.29) is 16.8 Å². The van der Waals surface area contributed by atoms with Crippen LogP contribution in [0.25, 0.3) is 11.1 Å². The van der Waals surface area contributed by atoms with Crippen LogP contribution in [-0.4, -0.2) is 10.2 Å². The molecular weight excluding hydrogens is 241 g/mol. The van der Waals surface area contributed by atoms with E-state index in [2.05, 4.69) is 10.2 Å². The number of nitrogen functional groups attached to an aromatic ring is 1. The summed E-state index contributed by atoms with van der Waals surface area (Å²) in [6.07, 6.45) is 0. The lowest BCUT2D eigenvalue weighted by molar-refractivity contribution is 0.631. The van der Waals surface area contributed by atoms with Crippen LogP contribution >= 0.6 is 11.6 Å². The Morgan fingerprint density at radius 1 is 1.41 bits per heavy atom. The third kappa shape index (κ3) is 2.00. The molecule has 2 rings (SSSR count). The lowest BCUT2D eigenvalue weighted by Gasteiger charge is -2.08. The van der Waals surface area contributed by atoms with Crippen molar-refractivity contribution in [1.82, 2.24) is 10.2 Å². The Hall–Kier alpha value is -1.55. The van der Waals surface area contributed by atoms with Crippen LogP contribution < -0.4 is 5.73 Å². The number of hydrogen-bond donors (Lipinski definition) is 2. The van der Waals surface area contributed by atoms with Gasteiger partial charge in [-0.05, 0) is 12.0 Å². The maximum atomic E-state index is 14.0. The van der Waals surface area contributed by atoms with Gasteiger partial charge in [-0.1, -0.05) is 37.6 Å². The predicted molar refractivity (Wildman–Crippen MR) is 67.5 cm³/mol. The van der Waals surface area contributed by atoms with Gasteiger partial charge in [0.2, 0.25) is 0 Å². The zero-order chi connectivity index (χ0) is 12.6. The van der Waals surface area contributed by atoms with E-state index in [0.717, 1.165) is 5.69 Å². The van der Waals surface area contributed by atoms with Crippen molar-refractivity contribution in [2.75, 3.05) is 5.73 Å². The molecule has 0 aliphatic heterocycles. The molecule has 3 N–H and O–H groups in total. The molecule has 0 fully saturated rings. The number of hydrogen-bond acceptors (Lipinski definition) is 2. The molecule has 0 saturated carbocycles. The first-order valence-corrected chi connectivity index (χ1v) is 5.68. The third-order valence-corrected chi connectivity index (χ3v) is 2.91. The fourth-order valence-corrected chi connectivity index (χ4v) is 1.94. The Kier molecular flexibility index (Phi) is 3.07. The van der Waals surface area contributed by atoms with Gasteiger partial charge in [-0.25, -0.2) is 4.39 Å². The number of nitrogens with zero attached hydrogens (tertiary/aromatic N) is 1. The number of aromatic nitrogens is 2. The summed E-state index contributed by atoms with van der Waals surface area (Å²) in [5.74, 6) is -0.00721. The van der Waals surface area contributed by atoms with Gasteiger partial charge in [0.25, 0.3) is 0 Å². The molecule has 0 radical (unpaired) electrons. The molecule has 1 aromatic heterocycles. The molecule has 5 heteroatoms. The van der Waals surface area contributed by atoms with Crippen molar-refractivity contribution in [2.24, 2.45) is 0 Å². The monoisotopic (exact) mass is 253 g/mol. The lowest BCUT2D eigenvalue weighted by Crippen LogP contribution is -1.95. The standard InChI is InChI=1S/C12H13ClFN3/c1-6(2)11-9(12(15)17-16-11)7-4-3-5-8(13)10(7)14/h3-6H,1-2H3,(H3,15,16,17). The SMILES string of the molecule is CC(C)c1[nH]nc(N)c1-c1cccc(Cl)c1F. The largest absolute Gasteiger partial charge is 0.382 e. The van der Waals surface area contributed by atoms with Gasteiger partial charge in [-0.2, -0.15) is 5.10 Å². The Balaban J connectivity index is 2.68. The summed E-state index contributed by atoms with van der Waals surface area (Å²) >= 11 is 5.77. The number of H-pyrrole nitrogens is 1. The smallest absolute Gasteiger partial charge is 0.153 e. The van der Waals surface area contributed by atoms with E-state index in [1.54, 1.807) is 12.1 Å². The Morgan fingerprint density at radius 3 is 2.76 bits per heavy atom. The molecule has 0 saturated heterocycles. The van der Waals surface area contributed by atoms with E-state index < -0.39 is 5.82 Å². The number of nitrogens with two attached hydrogens (primary N) is 1. The van der Waals surface area contributed by atoms with E-state index in [1.807, 2.05) is 13.8 Å². The van der Waals surface area contributed by atoms with Crippen LogP contribution in [0.5, 0.6) is 0 Å². The quantitative estimate of drug-likeness (QED) is 0.860. The molecule has 0 spiro atoms. The average molecular weight is 254 g/mol. The fourth-order valence-electron chi connectivity index (χ4n) is 1.77. The van der Waals surface area contributed by atoms with Gasteiger partial charge in [0.1, 0.15) is 5.82 Å². The zero-order valence-electron chi connectivity index (χ0n) is 9.59. The summed E-state index contributed by atoms with van der Waals surface area (Å²) in [5, 5.41) is 6.84. The summed E-state index contributed by atoms with van der Waals surface area (Å²) < 4.78 is 14.0. The average Bonchev–Trinajstić information content (AvgIpc) is 2.65. The van der Waals surface area contributed by atoms with Crippen molar-refractivity contribution in [3.8, 4) is 11.1 Å². The fraction of sp³-hybridized carbons (Fsp3) is 0.250. The van der Waals surface area contributed by atoms with Crippen molar-refractivity contribution in [3.63, 3.8) is 0 Å². The van der Waals surface area contributed by atoms with Crippen molar-refractivity contribution >= 4 is 17.4 Å². The van der Waals surface area contributed by atoms with Gasteiger partial charge < -0.3 is 5.73 Å². The first kappa shape index (κ1) is 11.9. The summed E-state index contributed by atoms with van der Waals surface area (Å²) in [6, 6.07) is 4.84. The predicted octanol–water partition coefficient (Wildman–Crippen LogP) is 3.57. The topological polar surface area (TPSA) is 54.7 Å². The number of halogens is 2. The summed E-state index contributed by atoms with van der Waals surface area (Å²) in [4.78, 5) is 0. The molecule has 0 atom stereocenters. The molecule has 2 aromatic rings. The van der Waals surface area contributed by atoms with Crippen LogP contribution in [0.15, 0.2) is 18.2 Å². The van der Waals surface area contributed by atoms with Gasteiger partial charge in [-0.3, -0.25) is 5.10 Å². The van der Waals surface area contributed by atoms with Crippen molar-refractivity contribution in [3.05, 3.63) is 34.7 Å². The highest BCUT2D eigenvalue weighted by molar-refractivity contribution is 6.31. The van der Waals surface area contributed by atoms with Gasteiger partial charge in [0, 0.05) is 16.8 Å². The Bertz CT molecular complexity index is 549. The molecule has 3 nitrogen and oxygen atoms in total. The summed E-state index contributed by atoms with van der Waals surface area (Å²) in [5.41, 5.74) is 7.57. The Morgan fingerprint density at radius 2 is 2.12 bits per heavy atom. The van der Waals surface area contributed by atoms with E-state index in [1.165, 1.54) is 6.07 Å². The molecule has 0 aliphatic carbocycles. The molecule has 17 heavy (non-hydrogen) atoms. The molecule has 0 unspecified atom stereocenters. The molecule has 1 aromatic carbocycles. The first-order valence-electron chi connectivity index (χ1n) is 5.30. The summed E-state index contributed by atoms with van der Waals surface area (Å²) in [6.45, 7) is 3.97. The van der Waals surface area contributed by atoms with Crippen molar-refractivity contribution < 1.29 is 4.39 Å². The number of anilines is 1. The van der Waals surface area contributed by atoms with Crippen LogP contribution in [0.1, 0.15) is 25.5 Å². The van der Waals surface area contributed by atoms with E-state index in [9.17, 15) is 4.39 Å². The van der Waals surface area contributed by atoms with Gasteiger partial charge in [0.05, 0.1) is 5.02 Å². The van der Waals surface area contributed by atoms with Gasteiger partial charge in [-0.15, -0.1) is 0 Å². The highest BCUT2D eigenvalue weighted by Crippen LogP contribution is 2.35. The Labute approximate surface area is 104 Å². The van der Waals surface area contributed by atoms with Gasteiger partial charge in [0.15, 0.2) is 5.82 Å². The molecule has 0 aliphatic rings. The number of aromatic amines is 1. The van der Waals surface area contributed by atoms with Gasteiger partial charge >= 0.3 is 0 Å². The number of nitrogens with one attached hydrogen (secondary N) is 1. The lowest BCUT2D eigenvalue weighted by atomic mass is 9.99. The van der Waals surface area contributed by atoms with Crippen LogP contribution in [-0.2, 0) is 0 Å². The molecule has 0 bridgehead atoms. The molecule has 90 valence electrons. The van der Waals surface area contributed by atoms with Crippen LogP contribution in [0, 0.1) is 5.82 Å². The van der Waals surface area contributed by atoms with Crippen LogP contribution in [0.3, 0.4) is 0 Å². The van der Waals surface area contributed by atoms with Crippen LogP contribution in [0.2, 0.25) is 5.02 Å². The van der Waals surface area contributed by atoms with Crippen molar-refractivity contribution in [2.45, 2.75) is 19.8 Å². The second kappa shape index (κ2) is 4.37. The van der Waals surface area contributed by atoms with Crippen LogP contribution in [0.4, 0.5) is 10.2 Å². The van der Waals surface area contributed by atoms with E-state index >= 15 is 0 Å². The third-order valence-electron chi connectivity index (χ3n) is 2.62. The molecule has 0 amide bonds. The zero-order valence-corrected chi connectivity index (χ0v) is 10.3. The second-order valence-corrected chi connectivity index (χ2v) is 4.56. The van der Waals surface area contributed by atoms with E-state index in [4.69, 9.17) is 17.3 Å².